The average molecular weight is 326 g/mol. The van der Waals surface area contributed by atoms with E-state index in [4.69, 9.17) is 10.5 Å². The van der Waals surface area contributed by atoms with Gasteiger partial charge < -0.3 is 20.9 Å². The molecule has 0 spiro atoms. The van der Waals surface area contributed by atoms with Crippen LogP contribution in [-0.2, 0) is 11.3 Å². The molecule has 0 aromatic heterocycles. The summed E-state index contributed by atoms with van der Waals surface area (Å²) >= 11 is 0. The molecule has 0 bridgehead atoms. The van der Waals surface area contributed by atoms with Gasteiger partial charge in [-0.15, -0.1) is 0 Å². The van der Waals surface area contributed by atoms with Gasteiger partial charge in [0.2, 0.25) is 0 Å². The first-order valence-corrected chi connectivity index (χ1v) is 7.30. The molecule has 0 aliphatic heterocycles. The van der Waals surface area contributed by atoms with E-state index in [0.29, 0.717) is 5.56 Å². The van der Waals surface area contributed by atoms with E-state index in [1.807, 2.05) is 30.3 Å². The Morgan fingerprint density at radius 3 is 2.62 bits per heavy atom. The Hall–Kier alpha value is -3.28. The van der Waals surface area contributed by atoms with Crippen LogP contribution in [-0.4, -0.2) is 23.7 Å². The number of rotatable bonds is 6. The average Bonchev–Trinajstić information content (AvgIpc) is 2.59. The Bertz CT molecular complexity index is 742. The number of benzene rings is 2. The van der Waals surface area contributed by atoms with Crippen molar-refractivity contribution in [1.82, 2.24) is 5.32 Å². The molecule has 0 saturated carbocycles. The number of primary amides is 1. The number of phenols is 1. The highest BCUT2D eigenvalue weighted by atomic mass is 16.5. The molecule has 0 unspecified atom stereocenters. The highest BCUT2D eigenvalue weighted by Crippen LogP contribution is 2.18. The molecular formula is C18H18N2O4. The van der Waals surface area contributed by atoms with Crippen molar-refractivity contribution in [3.8, 4) is 5.75 Å². The van der Waals surface area contributed by atoms with Crippen LogP contribution in [0.3, 0.4) is 0 Å². The zero-order valence-corrected chi connectivity index (χ0v) is 12.9. The van der Waals surface area contributed by atoms with Gasteiger partial charge in [0.05, 0.1) is 5.56 Å². The topological polar surface area (TPSA) is 102 Å². The van der Waals surface area contributed by atoms with E-state index < -0.39 is 12.0 Å². The van der Waals surface area contributed by atoms with E-state index in [9.17, 15) is 14.7 Å². The van der Waals surface area contributed by atoms with Gasteiger partial charge in [-0.1, -0.05) is 48.6 Å². The van der Waals surface area contributed by atoms with E-state index in [-0.39, 0.29) is 24.5 Å². The largest absolute Gasteiger partial charge is 0.507 e. The summed E-state index contributed by atoms with van der Waals surface area (Å²) in [4.78, 5) is 22.7. The molecule has 4 N–H and O–H groups in total. The number of carbonyl (C=O) groups excluding carboxylic acids is 2. The highest BCUT2D eigenvalue weighted by molar-refractivity contribution is 5.96. The molecule has 0 radical (unpaired) electrons. The second-order valence-corrected chi connectivity index (χ2v) is 4.99. The third kappa shape index (κ3) is 5.17. The van der Waals surface area contributed by atoms with E-state index in [1.165, 1.54) is 12.1 Å². The van der Waals surface area contributed by atoms with E-state index in [2.05, 4.69) is 5.32 Å². The third-order valence-electron chi connectivity index (χ3n) is 3.17. The molecule has 0 aliphatic carbocycles. The normalized spacial score (nSPS) is 10.5. The molecule has 2 aromatic carbocycles. The van der Waals surface area contributed by atoms with E-state index in [1.54, 1.807) is 18.2 Å². The lowest BCUT2D eigenvalue weighted by atomic mass is 10.1. The number of hydrogen-bond acceptors (Lipinski definition) is 4. The first-order valence-electron chi connectivity index (χ1n) is 7.30. The molecule has 6 heteroatoms. The number of aromatic hydroxyl groups is 1. The minimum atomic E-state index is -0.703. The maximum Gasteiger partial charge on any atom is 0.407 e. The molecule has 2 aromatic rings. The van der Waals surface area contributed by atoms with Gasteiger partial charge in [-0.2, -0.15) is 0 Å². The summed E-state index contributed by atoms with van der Waals surface area (Å²) in [5.74, 6) is -0.868. The summed E-state index contributed by atoms with van der Waals surface area (Å²) in [6.07, 6.45) is 2.87. The number of carbonyl (C=O) groups is 2. The fraction of sp³-hybridized carbons (Fsp3) is 0.111. The minimum absolute atomic E-state index is 0.0485. The van der Waals surface area contributed by atoms with Gasteiger partial charge in [0.1, 0.15) is 12.4 Å². The Balaban J connectivity index is 1.79. The fourth-order valence-electron chi connectivity index (χ4n) is 1.97. The molecule has 0 saturated heterocycles. The number of nitrogens with two attached hydrogens (primary N) is 1. The molecule has 0 heterocycles. The maximum absolute atomic E-state index is 11.6. The molecule has 2 amide bonds. The quantitative estimate of drug-likeness (QED) is 0.758. The van der Waals surface area contributed by atoms with Crippen molar-refractivity contribution in [2.24, 2.45) is 5.73 Å². The Morgan fingerprint density at radius 2 is 1.92 bits per heavy atom. The Morgan fingerprint density at radius 1 is 1.17 bits per heavy atom. The van der Waals surface area contributed by atoms with E-state index in [0.717, 1.165) is 5.56 Å². The van der Waals surface area contributed by atoms with Crippen LogP contribution in [0.15, 0.2) is 54.6 Å². The van der Waals surface area contributed by atoms with Gasteiger partial charge in [0.25, 0.3) is 5.91 Å². The lowest BCUT2D eigenvalue weighted by Gasteiger charge is -2.05. The monoisotopic (exact) mass is 326 g/mol. The van der Waals surface area contributed by atoms with Crippen LogP contribution in [0, 0.1) is 0 Å². The summed E-state index contributed by atoms with van der Waals surface area (Å²) < 4.78 is 5.07. The number of alkyl carbamates (subject to hydrolysis) is 1. The van der Waals surface area contributed by atoms with Gasteiger partial charge in [0, 0.05) is 6.54 Å². The van der Waals surface area contributed by atoms with Crippen molar-refractivity contribution >= 4 is 18.1 Å². The first kappa shape index (κ1) is 17.1. The Labute approximate surface area is 139 Å². The van der Waals surface area contributed by atoms with Crippen LogP contribution in [0.25, 0.3) is 6.08 Å². The van der Waals surface area contributed by atoms with Gasteiger partial charge in [-0.05, 0) is 23.3 Å². The zero-order valence-electron chi connectivity index (χ0n) is 12.9. The van der Waals surface area contributed by atoms with Crippen molar-refractivity contribution < 1.29 is 19.4 Å². The molecule has 24 heavy (non-hydrogen) atoms. The number of hydrogen-bond donors (Lipinski definition) is 3. The first-order chi connectivity index (χ1) is 11.6. The van der Waals surface area contributed by atoms with Crippen LogP contribution in [0.1, 0.15) is 21.5 Å². The van der Waals surface area contributed by atoms with Crippen molar-refractivity contribution in [2.45, 2.75) is 6.61 Å². The minimum Gasteiger partial charge on any atom is -0.507 e. The SMILES string of the molecule is NC(=O)c1cc(C=CCNC(=O)OCc2ccccc2)ccc1O. The second-order valence-electron chi connectivity index (χ2n) is 4.99. The smallest absolute Gasteiger partial charge is 0.407 e. The van der Waals surface area contributed by atoms with Crippen molar-refractivity contribution in [1.29, 1.82) is 0 Å². The molecule has 2 rings (SSSR count). The number of nitrogens with one attached hydrogen (secondary N) is 1. The van der Waals surface area contributed by atoms with Gasteiger partial charge in [-0.25, -0.2) is 4.79 Å². The zero-order chi connectivity index (χ0) is 17.4. The molecule has 0 aliphatic rings. The predicted octanol–water partition coefficient (Wildman–Crippen LogP) is 2.43. The summed E-state index contributed by atoms with van der Waals surface area (Å²) in [5.41, 5.74) is 6.80. The van der Waals surface area contributed by atoms with Crippen LogP contribution in [0.2, 0.25) is 0 Å². The third-order valence-corrected chi connectivity index (χ3v) is 3.17. The molecule has 124 valence electrons. The van der Waals surface area contributed by atoms with Crippen LogP contribution in [0.4, 0.5) is 4.79 Å². The predicted molar refractivity (Wildman–Crippen MR) is 90.3 cm³/mol. The molecule has 0 fully saturated rings. The van der Waals surface area contributed by atoms with E-state index >= 15 is 0 Å². The molecular weight excluding hydrogens is 308 g/mol. The maximum atomic E-state index is 11.6. The lowest BCUT2D eigenvalue weighted by Crippen LogP contribution is -2.24. The van der Waals surface area contributed by atoms with Gasteiger partial charge in [-0.3, -0.25) is 4.79 Å². The van der Waals surface area contributed by atoms with Crippen LogP contribution >= 0.6 is 0 Å². The van der Waals surface area contributed by atoms with Crippen LogP contribution < -0.4 is 11.1 Å². The van der Waals surface area contributed by atoms with Crippen molar-refractivity contribution in [2.75, 3.05) is 6.54 Å². The molecule has 0 atom stereocenters. The standard InChI is InChI=1S/C18H18N2O4/c19-17(22)15-11-13(8-9-16(15)21)7-4-10-20-18(23)24-12-14-5-2-1-3-6-14/h1-9,11,21H,10,12H2,(H2,19,22)(H,20,23). The number of amides is 2. The highest BCUT2D eigenvalue weighted by Gasteiger charge is 2.07. The Kier molecular flexibility index (Phi) is 5.96. The van der Waals surface area contributed by atoms with Gasteiger partial charge in [0.15, 0.2) is 0 Å². The lowest BCUT2D eigenvalue weighted by molar-refractivity contribution is 0.0997. The second kappa shape index (κ2) is 8.38. The van der Waals surface area contributed by atoms with Crippen LogP contribution in [0.5, 0.6) is 5.75 Å². The number of ether oxygens (including phenoxy) is 1. The summed E-state index contributed by atoms with van der Waals surface area (Å²) in [7, 11) is 0. The van der Waals surface area contributed by atoms with Crippen molar-refractivity contribution in [3.63, 3.8) is 0 Å². The fourth-order valence-corrected chi connectivity index (χ4v) is 1.97. The van der Waals surface area contributed by atoms with Gasteiger partial charge >= 0.3 is 6.09 Å². The summed E-state index contributed by atoms with van der Waals surface area (Å²) in [6, 6.07) is 13.9. The summed E-state index contributed by atoms with van der Waals surface area (Å²) in [6.45, 7) is 0.469. The van der Waals surface area contributed by atoms with Crippen molar-refractivity contribution in [3.05, 3.63) is 71.3 Å². The molecule has 6 nitrogen and oxygen atoms in total. The summed E-state index contributed by atoms with van der Waals surface area (Å²) in [5, 5.41) is 12.1.